The van der Waals surface area contributed by atoms with Crippen LogP contribution in [0, 0.1) is 5.41 Å². The van der Waals surface area contributed by atoms with E-state index in [1.165, 1.54) is 12.8 Å². The summed E-state index contributed by atoms with van der Waals surface area (Å²) in [6, 6.07) is -0.661. The summed E-state index contributed by atoms with van der Waals surface area (Å²) in [6.07, 6.45) is 2.46. The van der Waals surface area contributed by atoms with Gasteiger partial charge in [-0.3, -0.25) is 0 Å². The first-order valence-electron chi connectivity index (χ1n) is 6.69. The minimum absolute atomic E-state index is 0.425. The molecular formula is C13H25N3O3. The number of carboxylic acid groups (broad SMARTS) is 1. The number of amides is 2. The number of carbonyl (C=O) groups excluding carboxylic acids is 1. The van der Waals surface area contributed by atoms with E-state index in [0.29, 0.717) is 12.6 Å². The highest BCUT2D eigenvalue weighted by Crippen LogP contribution is 2.24. The number of likely N-dealkylation sites (N-methyl/N-ethyl adjacent to an activating group) is 1. The van der Waals surface area contributed by atoms with Gasteiger partial charge in [0.05, 0.1) is 0 Å². The number of carbonyl (C=O) groups is 2. The van der Waals surface area contributed by atoms with Crippen molar-refractivity contribution in [3.63, 3.8) is 0 Å². The second kappa shape index (κ2) is 6.23. The van der Waals surface area contributed by atoms with Gasteiger partial charge in [-0.2, -0.15) is 0 Å². The van der Waals surface area contributed by atoms with Crippen molar-refractivity contribution in [2.75, 3.05) is 20.1 Å². The number of aliphatic carboxylic acids is 1. The molecule has 0 bridgehead atoms. The smallest absolute Gasteiger partial charge is 0.326 e. The summed E-state index contributed by atoms with van der Waals surface area (Å²) in [6.45, 7) is 6.66. The highest BCUT2D eigenvalue weighted by molar-refractivity contribution is 5.83. The van der Waals surface area contributed by atoms with Crippen LogP contribution in [0.4, 0.5) is 4.79 Å². The molecule has 19 heavy (non-hydrogen) atoms. The SMILES string of the molecule is CN(CCNC(=O)N[C@@H](C(=O)O)C(C)(C)C)C1CC1. The van der Waals surface area contributed by atoms with Crippen LogP contribution in [0.25, 0.3) is 0 Å². The molecule has 0 saturated heterocycles. The van der Waals surface area contributed by atoms with Crippen LogP contribution in [-0.2, 0) is 4.79 Å². The number of hydrogen-bond acceptors (Lipinski definition) is 3. The van der Waals surface area contributed by atoms with E-state index >= 15 is 0 Å². The van der Waals surface area contributed by atoms with E-state index in [1.54, 1.807) is 20.8 Å². The van der Waals surface area contributed by atoms with Crippen molar-refractivity contribution in [3.8, 4) is 0 Å². The van der Waals surface area contributed by atoms with Crippen LogP contribution in [-0.4, -0.2) is 54.2 Å². The molecule has 0 heterocycles. The Balaban J connectivity index is 2.30. The number of urea groups is 1. The van der Waals surface area contributed by atoms with E-state index in [4.69, 9.17) is 5.11 Å². The summed E-state index contributed by atoms with van der Waals surface area (Å²) in [5.41, 5.74) is -0.520. The zero-order valence-electron chi connectivity index (χ0n) is 12.2. The third-order valence-corrected chi connectivity index (χ3v) is 3.31. The van der Waals surface area contributed by atoms with E-state index in [2.05, 4.69) is 15.5 Å². The molecule has 0 unspecified atom stereocenters. The van der Waals surface area contributed by atoms with Crippen molar-refractivity contribution < 1.29 is 14.7 Å². The van der Waals surface area contributed by atoms with Crippen molar-refractivity contribution in [2.24, 2.45) is 5.41 Å². The number of nitrogens with zero attached hydrogens (tertiary/aromatic N) is 1. The lowest BCUT2D eigenvalue weighted by atomic mass is 9.87. The summed E-state index contributed by atoms with van der Waals surface area (Å²) in [4.78, 5) is 25.0. The maximum absolute atomic E-state index is 11.7. The third kappa shape index (κ3) is 5.46. The Labute approximate surface area is 114 Å². The quantitative estimate of drug-likeness (QED) is 0.670. The summed E-state index contributed by atoms with van der Waals surface area (Å²) in [5, 5.41) is 14.3. The number of carboxylic acids is 1. The topological polar surface area (TPSA) is 81.7 Å². The number of hydrogen-bond donors (Lipinski definition) is 3. The molecule has 1 saturated carbocycles. The summed E-state index contributed by atoms with van der Waals surface area (Å²) in [5.74, 6) is -1.02. The van der Waals surface area contributed by atoms with Gasteiger partial charge in [-0.15, -0.1) is 0 Å². The summed E-state index contributed by atoms with van der Waals surface area (Å²) >= 11 is 0. The molecule has 0 spiro atoms. The predicted molar refractivity (Wildman–Crippen MR) is 73.1 cm³/mol. The van der Waals surface area contributed by atoms with Crippen molar-refractivity contribution in [2.45, 2.75) is 45.7 Å². The fourth-order valence-electron chi connectivity index (χ4n) is 1.87. The lowest BCUT2D eigenvalue weighted by Crippen LogP contribution is -2.52. The molecule has 2 amide bonds. The molecule has 1 rings (SSSR count). The number of nitrogens with one attached hydrogen (secondary N) is 2. The average Bonchev–Trinajstić information content (AvgIpc) is 3.07. The molecule has 1 atom stereocenters. The van der Waals surface area contributed by atoms with E-state index in [-0.39, 0.29) is 0 Å². The van der Waals surface area contributed by atoms with Crippen LogP contribution in [0.5, 0.6) is 0 Å². The second-order valence-corrected chi connectivity index (χ2v) is 6.25. The Hall–Kier alpha value is -1.30. The molecule has 0 aliphatic heterocycles. The van der Waals surface area contributed by atoms with Gasteiger partial charge in [-0.25, -0.2) is 9.59 Å². The molecule has 1 fully saturated rings. The molecule has 1 aliphatic carbocycles. The highest BCUT2D eigenvalue weighted by Gasteiger charge is 2.32. The molecule has 110 valence electrons. The Morgan fingerprint density at radius 1 is 1.37 bits per heavy atom. The van der Waals surface area contributed by atoms with Gasteiger partial charge in [-0.05, 0) is 25.3 Å². The lowest BCUT2D eigenvalue weighted by Gasteiger charge is -2.28. The van der Waals surface area contributed by atoms with Gasteiger partial charge in [0.15, 0.2) is 0 Å². The predicted octanol–water partition coefficient (Wildman–Crippen LogP) is 0.879. The van der Waals surface area contributed by atoms with Crippen LogP contribution >= 0.6 is 0 Å². The summed E-state index contributed by atoms with van der Waals surface area (Å²) < 4.78 is 0. The van der Waals surface area contributed by atoms with Gasteiger partial charge < -0.3 is 20.6 Å². The first-order chi connectivity index (χ1) is 8.71. The normalized spacial score (nSPS) is 17.1. The van der Waals surface area contributed by atoms with Crippen molar-refractivity contribution in [1.82, 2.24) is 15.5 Å². The van der Waals surface area contributed by atoms with Crippen molar-refractivity contribution in [1.29, 1.82) is 0 Å². The van der Waals surface area contributed by atoms with E-state index < -0.39 is 23.5 Å². The minimum atomic E-state index is -1.02. The highest BCUT2D eigenvalue weighted by atomic mass is 16.4. The molecule has 1 aliphatic rings. The first kappa shape index (κ1) is 15.8. The average molecular weight is 271 g/mol. The van der Waals surface area contributed by atoms with E-state index in [1.807, 2.05) is 7.05 Å². The van der Waals surface area contributed by atoms with Gasteiger partial charge >= 0.3 is 12.0 Å². The monoisotopic (exact) mass is 271 g/mol. The Kier molecular flexibility index (Phi) is 5.17. The fraction of sp³-hybridized carbons (Fsp3) is 0.846. The molecule has 0 radical (unpaired) electrons. The number of rotatable bonds is 6. The van der Waals surface area contributed by atoms with Gasteiger partial charge in [-0.1, -0.05) is 20.8 Å². The van der Waals surface area contributed by atoms with Crippen LogP contribution in [0.3, 0.4) is 0 Å². The van der Waals surface area contributed by atoms with Gasteiger partial charge in [0.2, 0.25) is 0 Å². The van der Waals surface area contributed by atoms with Crippen LogP contribution < -0.4 is 10.6 Å². The molecular weight excluding hydrogens is 246 g/mol. The first-order valence-corrected chi connectivity index (χ1v) is 6.69. The summed E-state index contributed by atoms with van der Waals surface area (Å²) in [7, 11) is 2.03. The van der Waals surface area contributed by atoms with Crippen LogP contribution in [0.15, 0.2) is 0 Å². The van der Waals surface area contributed by atoms with Crippen molar-refractivity contribution >= 4 is 12.0 Å². The lowest BCUT2D eigenvalue weighted by molar-refractivity contribution is -0.141. The van der Waals surface area contributed by atoms with Gasteiger partial charge in [0.1, 0.15) is 6.04 Å². The second-order valence-electron chi connectivity index (χ2n) is 6.25. The maximum Gasteiger partial charge on any atom is 0.326 e. The minimum Gasteiger partial charge on any atom is -0.480 e. The Morgan fingerprint density at radius 3 is 2.37 bits per heavy atom. The van der Waals surface area contributed by atoms with Gasteiger partial charge in [0, 0.05) is 19.1 Å². The Morgan fingerprint density at radius 2 is 1.95 bits per heavy atom. The standard InChI is InChI=1S/C13H25N3O3/c1-13(2,3)10(11(17)18)15-12(19)14-7-8-16(4)9-5-6-9/h9-10H,5-8H2,1-4H3,(H,17,18)(H2,14,15,19)/t10-/m0/s1. The van der Waals surface area contributed by atoms with E-state index in [0.717, 1.165) is 6.54 Å². The zero-order valence-corrected chi connectivity index (χ0v) is 12.2. The molecule has 6 nitrogen and oxygen atoms in total. The third-order valence-electron chi connectivity index (χ3n) is 3.31. The fourth-order valence-corrected chi connectivity index (χ4v) is 1.87. The molecule has 3 N–H and O–H groups in total. The molecule has 0 aromatic carbocycles. The van der Waals surface area contributed by atoms with Crippen LogP contribution in [0.2, 0.25) is 0 Å². The van der Waals surface area contributed by atoms with Crippen LogP contribution in [0.1, 0.15) is 33.6 Å². The van der Waals surface area contributed by atoms with E-state index in [9.17, 15) is 9.59 Å². The largest absolute Gasteiger partial charge is 0.480 e. The Bertz CT molecular complexity index is 335. The zero-order chi connectivity index (χ0) is 14.6. The van der Waals surface area contributed by atoms with Gasteiger partial charge in [0.25, 0.3) is 0 Å². The maximum atomic E-state index is 11.7. The van der Waals surface area contributed by atoms with Crippen molar-refractivity contribution in [3.05, 3.63) is 0 Å². The molecule has 6 heteroatoms. The molecule has 0 aromatic rings. The molecule has 0 aromatic heterocycles.